The average molecular weight is 258 g/mol. The molecule has 2 aromatic carbocycles. The van der Waals surface area contributed by atoms with Crippen LogP contribution in [-0.4, -0.2) is 6.54 Å². The van der Waals surface area contributed by atoms with Crippen LogP contribution in [0.25, 0.3) is 0 Å². The van der Waals surface area contributed by atoms with E-state index in [-0.39, 0.29) is 11.4 Å². The molecule has 96 valence electrons. The van der Waals surface area contributed by atoms with Gasteiger partial charge < -0.3 is 5.32 Å². The van der Waals surface area contributed by atoms with Gasteiger partial charge in [-0.2, -0.15) is 5.26 Å². The number of hydrogen-bond acceptors (Lipinski definition) is 2. The molecule has 2 nitrogen and oxygen atoms in total. The van der Waals surface area contributed by atoms with Crippen molar-refractivity contribution in [3.8, 4) is 6.07 Å². The van der Waals surface area contributed by atoms with E-state index in [0.29, 0.717) is 24.2 Å². The van der Waals surface area contributed by atoms with Crippen molar-refractivity contribution < 1.29 is 8.78 Å². The van der Waals surface area contributed by atoms with Gasteiger partial charge in [-0.25, -0.2) is 8.78 Å². The molecule has 4 heteroatoms. The fourth-order valence-electron chi connectivity index (χ4n) is 1.82. The lowest BCUT2D eigenvalue weighted by molar-refractivity contribution is 0.610. The highest BCUT2D eigenvalue weighted by Crippen LogP contribution is 2.17. The first-order chi connectivity index (χ1) is 9.22. The topological polar surface area (TPSA) is 35.8 Å². The summed E-state index contributed by atoms with van der Waals surface area (Å²) in [5, 5.41) is 11.8. The van der Waals surface area contributed by atoms with E-state index in [1.54, 1.807) is 24.3 Å². The van der Waals surface area contributed by atoms with Crippen molar-refractivity contribution in [3.05, 3.63) is 65.2 Å². The van der Waals surface area contributed by atoms with Gasteiger partial charge in [-0.3, -0.25) is 0 Å². The Labute approximate surface area is 110 Å². The van der Waals surface area contributed by atoms with Crippen LogP contribution in [-0.2, 0) is 6.42 Å². The third kappa shape index (κ3) is 3.08. The summed E-state index contributed by atoms with van der Waals surface area (Å²) in [6.07, 6.45) is 0.466. The van der Waals surface area contributed by atoms with Crippen LogP contribution in [0.4, 0.5) is 14.5 Å². The molecule has 0 fully saturated rings. The molecule has 0 amide bonds. The van der Waals surface area contributed by atoms with Crippen molar-refractivity contribution in [2.45, 2.75) is 6.42 Å². The Morgan fingerprint density at radius 2 is 1.74 bits per heavy atom. The number of nitriles is 1. The van der Waals surface area contributed by atoms with Gasteiger partial charge in [0, 0.05) is 6.54 Å². The van der Waals surface area contributed by atoms with E-state index in [1.807, 2.05) is 6.07 Å². The molecule has 0 aliphatic rings. The van der Waals surface area contributed by atoms with E-state index < -0.39 is 5.82 Å². The summed E-state index contributed by atoms with van der Waals surface area (Å²) >= 11 is 0. The standard InChI is InChI=1S/C15H12F2N2/c16-13-5-2-1-4-11(13)8-9-19-15-7-3-6-14(17)12(15)10-18/h1-7,19H,8-9H2. The van der Waals surface area contributed by atoms with Crippen LogP contribution in [0, 0.1) is 23.0 Å². The normalized spacial score (nSPS) is 9.95. The predicted molar refractivity (Wildman–Crippen MR) is 69.7 cm³/mol. The molecule has 0 atom stereocenters. The molecule has 1 N–H and O–H groups in total. The van der Waals surface area contributed by atoms with Gasteiger partial charge in [0.2, 0.25) is 0 Å². The van der Waals surface area contributed by atoms with Crippen molar-refractivity contribution >= 4 is 5.69 Å². The maximum Gasteiger partial charge on any atom is 0.143 e. The minimum absolute atomic E-state index is 0.0176. The highest BCUT2D eigenvalue weighted by Gasteiger charge is 2.07. The molecule has 0 spiro atoms. The Balaban J connectivity index is 2.03. The van der Waals surface area contributed by atoms with Crippen molar-refractivity contribution in [2.75, 3.05) is 11.9 Å². The Hall–Kier alpha value is -2.41. The first-order valence-electron chi connectivity index (χ1n) is 5.88. The van der Waals surface area contributed by atoms with Crippen LogP contribution in [0.5, 0.6) is 0 Å². The number of halogens is 2. The first-order valence-corrected chi connectivity index (χ1v) is 5.88. The zero-order valence-electron chi connectivity index (χ0n) is 10.2. The molecular weight excluding hydrogens is 246 g/mol. The van der Waals surface area contributed by atoms with Gasteiger partial charge >= 0.3 is 0 Å². The molecule has 2 rings (SSSR count). The Morgan fingerprint density at radius 3 is 2.47 bits per heavy atom. The molecule has 0 aromatic heterocycles. The summed E-state index contributed by atoms with van der Waals surface area (Å²) in [5.74, 6) is -0.817. The lowest BCUT2D eigenvalue weighted by Gasteiger charge is -2.09. The number of anilines is 1. The van der Waals surface area contributed by atoms with Crippen LogP contribution in [0.3, 0.4) is 0 Å². The number of nitrogens with one attached hydrogen (secondary N) is 1. The van der Waals surface area contributed by atoms with E-state index >= 15 is 0 Å². The molecule has 0 aliphatic heterocycles. The van der Waals surface area contributed by atoms with Crippen molar-refractivity contribution in [1.29, 1.82) is 5.26 Å². The smallest absolute Gasteiger partial charge is 0.143 e. The molecular formula is C15H12F2N2. The summed E-state index contributed by atoms with van der Waals surface area (Å²) in [6, 6.07) is 12.7. The third-order valence-corrected chi connectivity index (χ3v) is 2.79. The first kappa shape index (κ1) is 13.0. The molecule has 0 aliphatic carbocycles. The molecule has 0 saturated carbocycles. The number of nitrogens with zero attached hydrogens (tertiary/aromatic N) is 1. The predicted octanol–water partition coefficient (Wildman–Crippen LogP) is 3.49. The van der Waals surface area contributed by atoms with Gasteiger partial charge in [0.05, 0.1) is 5.69 Å². The van der Waals surface area contributed by atoms with Crippen molar-refractivity contribution in [3.63, 3.8) is 0 Å². The Morgan fingerprint density at radius 1 is 1.00 bits per heavy atom. The monoisotopic (exact) mass is 258 g/mol. The highest BCUT2D eigenvalue weighted by molar-refractivity contribution is 5.57. The molecule has 0 radical (unpaired) electrons. The second-order valence-corrected chi connectivity index (χ2v) is 4.04. The molecule has 2 aromatic rings. The minimum Gasteiger partial charge on any atom is -0.384 e. The van der Waals surface area contributed by atoms with Gasteiger partial charge in [0.1, 0.15) is 23.3 Å². The van der Waals surface area contributed by atoms with Crippen LogP contribution in [0.2, 0.25) is 0 Å². The van der Waals surface area contributed by atoms with Crippen LogP contribution in [0.1, 0.15) is 11.1 Å². The summed E-state index contributed by atoms with van der Waals surface area (Å²) < 4.78 is 26.7. The maximum absolute atomic E-state index is 13.4. The van der Waals surface area contributed by atoms with E-state index in [9.17, 15) is 8.78 Å². The fraction of sp³-hybridized carbons (Fsp3) is 0.133. The highest BCUT2D eigenvalue weighted by atomic mass is 19.1. The Kier molecular flexibility index (Phi) is 4.09. The molecule has 0 heterocycles. The van der Waals surface area contributed by atoms with E-state index in [0.717, 1.165) is 0 Å². The number of benzene rings is 2. The van der Waals surface area contributed by atoms with Gasteiger partial charge in [0.25, 0.3) is 0 Å². The number of rotatable bonds is 4. The summed E-state index contributed by atoms with van der Waals surface area (Å²) in [6.45, 7) is 0.430. The van der Waals surface area contributed by atoms with Crippen LogP contribution >= 0.6 is 0 Å². The second kappa shape index (κ2) is 5.96. The third-order valence-electron chi connectivity index (χ3n) is 2.79. The van der Waals surface area contributed by atoms with Gasteiger partial charge in [-0.05, 0) is 30.2 Å². The van der Waals surface area contributed by atoms with Crippen LogP contribution < -0.4 is 5.32 Å². The number of hydrogen-bond donors (Lipinski definition) is 1. The lowest BCUT2D eigenvalue weighted by Crippen LogP contribution is -2.07. The maximum atomic E-state index is 13.4. The van der Waals surface area contributed by atoms with E-state index in [1.165, 1.54) is 18.2 Å². The molecule has 0 saturated heterocycles. The van der Waals surface area contributed by atoms with Gasteiger partial charge in [-0.1, -0.05) is 24.3 Å². The lowest BCUT2D eigenvalue weighted by atomic mass is 10.1. The zero-order chi connectivity index (χ0) is 13.7. The largest absolute Gasteiger partial charge is 0.384 e. The van der Waals surface area contributed by atoms with Crippen molar-refractivity contribution in [2.24, 2.45) is 0 Å². The van der Waals surface area contributed by atoms with E-state index in [2.05, 4.69) is 5.32 Å². The summed E-state index contributed by atoms with van der Waals surface area (Å²) in [4.78, 5) is 0. The average Bonchev–Trinajstić information content (AvgIpc) is 2.41. The molecule has 0 unspecified atom stereocenters. The quantitative estimate of drug-likeness (QED) is 0.911. The van der Waals surface area contributed by atoms with E-state index in [4.69, 9.17) is 5.26 Å². The second-order valence-electron chi connectivity index (χ2n) is 4.04. The fourth-order valence-corrected chi connectivity index (χ4v) is 1.82. The van der Waals surface area contributed by atoms with Crippen molar-refractivity contribution in [1.82, 2.24) is 0 Å². The summed E-state index contributed by atoms with van der Waals surface area (Å²) in [5.41, 5.74) is 1.000. The SMILES string of the molecule is N#Cc1c(F)cccc1NCCc1ccccc1F. The Bertz CT molecular complexity index is 618. The van der Waals surface area contributed by atoms with Gasteiger partial charge in [-0.15, -0.1) is 0 Å². The summed E-state index contributed by atoms with van der Waals surface area (Å²) in [7, 11) is 0. The van der Waals surface area contributed by atoms with Gasteiger partial charge in [0.15, 0.2) is 0 Å². The molecule has 0 bridgehead atoms. The molecule has 19 heavy (non-hydrogen) atoms. The van der Waals surface area contributed by atoms with Crippen LogP contribution in [0.15, 0.2) is 42.5 Å². The minimum atomic E-state index is -0.557. The zero-order valence-corrected chi connectivity index (χ0v) is 10.2.